The molecule has 29 heavy (non-hydrogen) atoms. The molecule has 6 aliphatic carbocycles. The van der Waals surface area contributed by atoms with Crippen molar-refractivity contribution in [3.8, 4) is 0 Å². The van der Waals surface area contributed by atoms with Gasteiger partial charge in [0.25, 0.3) is 0 Å². The van der Waals surface area contributed by atoms with Crippen LogP contribution >= 0.6 is 17.0 Å². The predicted molar refractivity (Wildman–Crippen MR) is 120 cm³/mol. The zero-order valence-corrected chi connectivity index (χ0v) is 22.7. The molecular formula is C26H34Cl2Zr. The van der Waals surface area contributed by atoms with Gasteiger partial charge in [-0.2, -0.15) is 0 Å². The average molecular weight is 509 g/mol. The van der Waals surface area contributed by atoms with Crippen molar-refractivity contribution >= 4 is 17.0 Å². The van der Waals surface area contributed by atoms with E-state index in [4.69, 9.17) is 17.0 Å². The molecule has 10 radical (unpaired) electrons. The van der Waals surface area contributed by atoms with Crippen LogP contribution in [0.15, 0.2) is 0 Å². The molecule has 0 spiro atoms. The van der Waals surface area contributed by atoms with Crippen molar-refractivity contribution in [1.29, 1.82) is 0 Å². The molecule has 0 amide bonds. The molecule has 0 N–H and O–H groups in total. The molecule has 0 aromatic carbocycles. The summed E-state index contributed by atoms with van der Waals surface area (Å²) in [6, 6.07) is 0. The first-order valence-corrected chi connectivity index (χ1v) is 17.4. The van der Waals surface area contributed by atoms with Gasteiger partial charge in [-0.25, -0.2) is 0 Å². The first kappa shape index (κ1) is 23.6. The van der Waals surface area contributed by atoms with Crippen LogP contribution in [-0.2, 0) is 20.8 Å². The van der Waals surface area contributed by atoms with E-state index in [1.807, 2.05) is 0 Å². The average Bonchev–Trinajstić information content (AvgIpc) is 3.43. The fourth-order valence-corrected chi connectivity index (χ4v) is 7.53. The molecule has 0 nitrogen and oxygen atoms in total. The molecule has 6 rings (SSSR count). The predicted octanol–water partition coefficient (Wildman–Crippen LogP) is 7.81. The SMILES string of the molecule is CC12CCC([C]3[CH][CH][CH][C]31)C2(C)C.CC12CCC([C]3[CH][CH][CH][C]31)C2(C)C.[Cl][Zr][Cl]. The summed E-state index contributed by atoms with van der Waals surface area (Å²) in [7, 11) is 9.87. The van der Waals surface area contributed by atoms with Crippen LogP contribution in [0.3, 0.4) is 0 Å². The molecule has 0 heterocycles. The summed E-state index contributed by atoms with van der Waals surface area (Å²) in [5.41, 5.74) is 1.94. The monoisotopic (exact) mass is 506 g/mol. The van der Waals surface area contributed by atoms with E-state index in [2.05, 4.69) is 80.1 Å². The maximum atomic E-state index is 4.93. The van der Waals surface area contributed by atoms with Gasteiger partial charge in [0.1, 0.15) is 0 Å². The fraction of sp³-hybridized carbons (Fsp3) is 0.615. The Morgan fingerprint density at radius 1 is 0.690 bits per heavy atom. The van der Waals surface area contributed by atoms with Crippen molar-refractivity contribution in [2.24, 2.45) is 33.5 Å². The number of fused-ring (bicyclic) bond motifs is 10. The fourth-order valence-electron chi connectivity index (χ4n) is 7.53. The molecule has 6 fully saturated rings. The summed E-state index contributed by atoms with van der Waals surface area (Å²) >= 11 is -0.826. The normalized spacial score (nSPS) is 44.1. The summed E-state index contributed by atoms with van der Waals surface area (Å²) in [5, 5.41) is 0. The number of halogens is 2. The van der Waals surface area contributed by atoms with Crippen molar-refractivity contribution in [2.75, 3.05) is 0 Å². The van der Waals surface area contributed by atoms with Gasteiger partial charge in [0.15, 0.2) is 0 Å². The van der Waals surface area contributed by atoms with E-state index in [-0.39, 0.29) is 0 Å². The Hall–Kier alpha value is 1.46. The minimum absolute atomic E-state index is 0.469. The van der Waals surface area contributed by atoms with Gasteiger partial charge >= 0.3 is 37.9 Å². The zero-order chi connectivity index (χ0) is 21.2. The van der Waals surface area contributed by atoms with Gasteiger partial charge in [0.2, 0.25) is 0 Å². The van der Waals surface area contributed by atoms with Crippen LogP contribution in [0.5, 0.6) is 0 Å². The van der Waals surface area contributed by atoms with Crippen molar-refractivity contribution in [3.05, 3.63) is 62.2 Å². The summed E-state index contributed by atoms with van der Waals surface area (Å²) < 4.78 is 0. The Kier molecular flexibility index (Phi) is 6.55. The van der Waals surface area contributed by atoms with Gasteiger partial charge < -0.3 is 0 Å². The summed E-state index contributed by atoms with van der Waals surface area (Å²) in [6.07, 6.45) is 19.4. The van der Waals surface area contributed by atoms with Gasteiger partial charge in [-0.15, -0.1) is 0 Å². The van der Waals surface area contributed by atoms with E-state index >= 15 is 0 Å². The van der Waals surface area contributed by atoms with Crippen LogP contribution < -0.4 is 0 Å². The third-order valence-corrected chi connectivity index (χ3v) is 10.1. The summed E-state index contributed by atoms with van der Waals surface area (Å²) in [4.78, 5) is 0. The van der Waals surface area contributed by atoms with Crippen molar-refractivity contribution in [2.45, 2.75) is 67.2 Å². The second-order valence-corrected chi connectivity index (χ2v) is 14.9. The van der Waals surface area contributed by atoms with Crippen molar-refractivity contribution in [1.82, 2.24) is 0 Å². The van der Waals surface area contributed by atoms with E-state index < -0.39 is 20.8 Å². The summed E-state index contributed by atoms with van der Waals surface area (Å²) in [6.45, 7) is 14.7. The second-order valence-electron chi connectivity index (χ2n) is 11.2. The Labute approximate surface area is 199 Å². The third kappa shape index (κ3) is 3.19. The number of rotatable bonds is 0. The first-order chi connectivity index (χ1) is 13.6. The molecule has 4 atom stereocenters. The molecule has 0 saturated heterocycles. The van der Waals surface area contributed by atoms with Gasteiger partial charge in [-0.3, -0.25) is 0 Å². The second kappa shape index (κ2) is 8.05. The molecule has 0 aromatic heterocycles. The molecular weight excluding hydrogens is 474 g/mol. The van der Waals surface area contributed by atoms with Crippen molar-refractivity contribution < 1.29 is 20.8 Å². The van der Waals surface area contributed by atoms with Gasteiger partial charge in [-0.1, -0.05) is 41.5 Å². The quantitative estimate of drug-likeness (QED) is 0.313. The minimum atomic E-state index is -0.826. The Balaban J connectivity index is 0.000000125. The molecule has 4 bridgehead atoms. The summed E-state index contributed by atoms with van der Waals surface area (Å²) in [5.74, 6) is 8.27. The maximum absolute atomic E-state index is 4.93. The van der Waals surface area contributed by atoms with Gasteiger partial charge in [0, 0.05) is 0 Å². The van der Waals surface area contributed by atoms with Gasteiger partial charge in [0.05, 0.1) is 0 Å². The van der Waals surface area contributed by atoms with Crippen LogP contribution in [0.2, 0.25) is 0 Å². The molecule has 156 valence electrons. The zero-order valence-electron chi connectivity index (χ0n) is 18.7. The number of hydrogen-bond donors (Lipinski definition) is 0. The molecule has 0 aromatic rings. The van der Waals surface area contributed by atoms with Crippen LogP contribution in [0.1, 0.15) is 67.2 Å². The van der Waals surface area contributed by atoms with E-state index in [0.717, 1.165) is 11.8 Å². The van der Waals surface area contributed by atoms with Gasteiger partial charge in [-0.05, 0) is 121 Å². The Bertz CT molecular complexity index is 560. The van der Waals surface area contributed by atoms with Crippen LogP contribution in [0.25, 0.3) is 0 Å². The number of hydrogen-bond acceptors (Lipinski definition) is 0. The Morgan fingerprint density at radius 2 is 1.03 bits per heavy atom. The van der Waals surface area contributed by atoms with E-state index in [0.29, 0.717) is 21.7 Å². The van der Waals surface area contributed by atoms with Crippen LogP contribution in [0, 0.1) is 95.7 Å². The third-order valence-electron chi connectivity index (χ3n) is 10.1. The molecule has 6 saturated carbocycles. The van der Waals surface area contributed by atoms with Crippen LogP contribution in [0.4, 0.5) is 0 Å². The van der Waals surface area contributed by atoms with E-state index in [9.17, 15) is 0 Å². The van der Waals surface area contributed by atoms with Crippen LogP contribution in [-0.4, -0.2) is 0 Å². The molecule has 6 aliphatic rings. The van der Waals surface area contributed by atoms with E-state index in [1.165, 1.54) is 25.7 Å². The molecule has 0 aliphatic heterocycles. The molecule has 4 unspecified atom stereocenters. The molecule has 3 heteroatoms. The van der Waals surface area contributed by atoms with E-state index in [1.54, 1.807) is 23.7 Å². The standard InChI is InChI=1S/2C13H17.2ClH.Zr/c2*1-12(2)10-7-8-13(12,3)11-6-4-5-9(10)11;;;/h2*4-6,10H,7-8H2,1-3H3;2*1H;/q;;;;+2/p-2. The Morgan fingerprint density at radius 3 is 1.34 bits per heavy atom. The topological polar surface area (TPSA) is 0 Å². The van der Waals surface area contributed by atoms with Crippen molar-refractivity contribution in [3.63, 3.8) is 0 Å². The first-order valence-electron chi connectivity index (χ1n) is 11.0.